The van der Waals surface area contributed by atoms with Crippen molar-refractivity contribution in [3.8, 4) is 11.5 Å². The van der Waals surface area contributed by atoms with E-state index in [9.17, 15) is 0 Å². The van der Waals surface area contributed by atoms with Gasteiger partial charge in [-0.1, -0.05) is 30.6 Å². The molecule has 1 heterocycles. The lowest BCUT2D eigenvalue weighted by molar-refractivity contribution is 0.333. The smallest absolute Gasteiger partial charge is 0.324 e. The molecule has 3 rings (SSSR count). The molecular weight excluding hydrogens is 223 g/mol. The number of aryl methyl sites for hydroxylation is 1. The second-order valence-electron chi connectivity index (χ2n) is 4.73. The largest absolute Gasteiger partial charge is 0.457 e. The third-order valence-electron chi connectivity index (χ3n) is 3.30. The molecule has 2 aromatic carbocycles. The Morgan fingerprint density at radius 3 is 2.56 bits per heavy atom. The predicted octanol–water partition coefficient (Wildman–Crippen LogP) is 3.15. The van der Waals surface area contributed by atoms with E-state index in [4.69, 9.17) is 9.39 Å². The topological polar surface area (TPSA) is 18.5 Å². The molecule has 0 unspecified atom stereocenters. The van der Waals surface area contributed by atoms with Crippen molar-refractivity contribution < 1.29 is 9.39 Å². The first kappa shape index (κ1) is 11.4. The van der Waals surface area contributed by atoms with Crippen molar-refractivity contribution in [1.82, 2.24) is 0 Å². The van der Waals surface area contributed by atoms with Crippen LogP contribution < -0.4 is 10.2 Å². The molecule has 0 spiro atoms. The summed E-state index contributed by atoms with van der Waals surface area (Å²) in [6, 6.07) is 14.2. The third kappa shape index (κ3) is 2.14. The highest BCUT2D eigenvalue weighted by atomic mass is 16.5. The Balaban J connectivity index is 1.84. The van der Waals surface area contributed by atoms with Crippen LogP contribution in [0.2, 0.25) is 6.82 Å². The van der Waals surface area contributed by atoms with Crippen LogP contribution >= 0.6 is 0 Å². The van der Waals surface area contributed by atoms with E-state index < -0.39 is 0 Å². The molecule has 0 saturated carbocycles. The van der Waals surface area contributed by atoms with Crippen LogP contribution in [0, 0.1) is 6.92 Å². The van der Waals surface area contributed by atoms with Gasteiger partial charge in [0.25, 0.3) is 0 Å². The van der Waals surface area contributed by atoms with Gasteiger partial charge in [-0.15, -0.1) is 0 Å². The fraction of sp³-hybridized carbons (Fsp3) is 0.200. The minimum atomic E-state index is 0.202. The molecular formula is C15H15BO2. The van der Waals surface area contributed by atoms with E-state index in [2.05, 4.69) is 25.9 Å². The molecule has 0 aliphatic carbocycles. The summed E-state index contributed by atoms with van der Waals surface area (Å²) in [5, 5.41) is 0. The Kier molecular flexibility index (Phi) is 2.84. The number of benzene rings is 2. The number of fused-ring (bicyclic) bond motifs is 1. The zero-order valence-corrected chi connectivity index (χ0v) is 10.6. The van der Waals surface area contributed by atoms with Crippen LogP contribution in [-0.4, -0.2) is 6.92 Å². The van der Waals surface area contributed by atoms with Crippen molar-refractivity contribution in [1.29, 1.82) is 0 Å². The van der Waals surface area contributed by atoms with Crippen molar-refractivity contribution in [2.75, 3.05) is 0 Å². The van der Waals surface area contributed by atoms with Gasteiger partial charge in [0, 0.05) is 0 Å². The summed E-state index contributed by atoms with van der Waals surface area (Å²) in [6.07, 6.45) is 0. The lowest BCUT2D eigenvalue weighted by Gasteiger charge is -2.07. The summed E-state index contributed by atoms with van der Waals surface area (Å²) in [6.45, 7) is 5.03. The normalized spacial score (nSPS) is 13.6. The van der Waals surface area contributed by atoms with Gasteiger partial charge in [-0.2, -0.15) is 0 Å². The zero-order valence-electron chi connectivity index (χ0n) is 10.6. The Morgan fingerprint density at radius 1 is 1.06 bits per heavy atom. The van der Waals surface area contributed by atoms with Crippen molar-refractivity contribution in [3.05, 3.63) is 53.6 Å². The number of hydrogen-bond donors (Lipinski definition) is 0. The molecule has 0 amide bonds. The van der Waals surface area contributed by atoms with Gasteiger partial charge >= 0.3 is 6.92 Å². The fourth-order valence-electron chi connectivity index (χ4n) is 2.21. The van der Waals surface area contributed by atoms with Crippen LogP contribution in [0.5, 0.6) is 11.5 Å². The molecule has 0 saturated heterocycles. The fourth-order valence-corrected chi connectivity index (χ4v) is 2.21. The first-order valence-corrected chi connectivity index (χ1v) is 6.21. The molecule has 0 fully saturated rings. The Labute approximate surface area is 108 Å². The van der Waals surface area contributed by atoms with E-state index in [1.807, 2.05) is 30.3 Å². The second-order valence-corrected chi connectivity index (χ2v) is 4.73. The minimum Gasteiger partial charge on any atom is -0.457 e. The van der Waals surface area contributed by atoms with Crippen molar-refractivity contribution in [3.63, 3.8) is 0 Å². The van der Waals surface area contributed by atoms with Gasteiger partial charge in [0.05, 0.1) is 6.61 Å². The van der Waals surface area contributed by atoms with Gasteiger partial charge in [-0.25, -0.2) is 0 Å². The monoisotopic (exact) mass is 238 g/mol. The lowest BCUT2D eigenvalue weighted by Crippen LogP contribution is -2.23. The quantitative estimate of drug-likeness (QED) is 0.748. The summed E-state index contributed by atoms with van der Waals surface area (Å²) in [5.41, 5.74) is 3.73. The predicted molar refractivity (Wildman–Crippen MR) is 73.7 cm³/mol. The molecule has 3 heteroatoms. The maximum absolute atomic E-state index is 5.84. The molecule has 1 aliphatic rings. The highest BCUT2D eigenvalue weighted by Gasteiger charge is 2.23. The summed E-state index contributed by atoms with van der Waals surface area (Å²) >= 11 is 0. The van der Waals surface area contributed by atoms with Crippen LogP contribution in [0.15, 0.2) is 42.5 Å². The van der Waals surface area contributed by atoms with Crippen LogP contribution in [0.4, 0.5) is 0 Å². The molecule has 0 atom stereocenters. The van der Waals surface area contributed by atoms with E-state index in [1.54, 1.807) is 0 Å². The molecule has 1 aliphatic heterocycles. The number of rotatable bonds is 2. The highest BCUT2D eigenvalue weighted by molar-refractivity contribution is 6.67. The van der Waals surface area contributed by atoms with Crippen molar-refractivity contribution in [2.45, 2.75) is 20.4 Å². The average molecular weight is 238 g/mol. The maximum atomic E-state index is 5.84. The van der Waals surface area contributed by atoms with Crippen LogP contribution in [-0.2, 0) is 11.3 Å². The second kappa shape index (κ2) is 4.50. The molecule has 18 heavy (non-hydrogen) atoms. The van der Waals surface area contributed by atoms with Crippen LogP contribution in [0.1, 0.15) is 11.1 Å². The van der Waals surface area contributed by atoms with Gasteiger partial charge in [-0.3, -0.25) is 0 Å². The summed E-state index contributed by atoms with van der Waals surface area (Å²) in [7, 11) is 0. The standard InChI is InChI=1S/C15H15BO2/c1-11-3-5-13(6-4-11)18-14-7-8-15-12(9-14)10-17-16(15)2/h3-9H,10H2,1-2H3. The number of hydrogen-bond acceptors (Lipinski definition) is 2. The number of ether oxygens (including phenoxy) is 1. The Morgan fingerprint density at radius 2 is 1.78 bits per heavy atom. The highest BCUT2D eigenvalue weighted by Crippen LogP contribution is 2.24. The van der Waals surface area contributed by atoms with Gasteiger partial charge < -0.3 is 9.39 Å². The molecule has 0 N–H and O–H groups in total. The molecule has 0 aromatic heterocycles. The van der Waals surface area contributed by atoms with E-state index >= 15 is 0 Å². The van der Waals surface area contributed by atoms with Gasteiger partial charge in [0.2, 0.25) is 0 Å². The summed E-state index contributed by atoms with van der Waals surface area (Å²) in [5.74, 6) is 1.74. The van der Waals surface area contributed by atoms with Gasteiger partial charge in [-0.05, 0) is 42.2 Å². The van der Waals surface area contributed by atoms with E-state index in [1.165, 1.54) is 16.6 Å². The first-order chi connectivity index (χ1) is 8.72. The van der Waals surface area contributed by atoms with Crippen molar-refractivity contribution in [2.24, 2.45) is 0 Å². The minimum absolute atomic E-state index is 0.202. The zero-order chi connectivity index (χ0) is 12.5. The average Bonchev–Trinajstić information content (AvgIpc) is 2.74. The summed E-state index contributed by atoms with van der Waals surface area (Å²) < 4.78 is 11.4. The van der Waals surface area contributed by atoms with E-state index in [0.717, 1.165) is 11.5 Å². The Hall–Kier alpha value is -1.74. The van der Waals surface area contributed by atoms with Gasteiger partial charge in [0.1, 0.15) is 11.5 Å². The Bertz CT molecular complexity index is 563. The SMILES string of the molecule is CB1OCc2cc(Oc3ccc(C)cc3)ccc21. The molecule has 0 bridgehead atoms. The van der Waals surface area contributed by atoms with E-state index in [0.29, 0.717) is 6.61 Å². The molecule has 90 valence electrons. The lowest BCUT2D eigenvalue weighted by atomic mass is 9.64. The van der Waals surface area contributed by atoms with E-state index in [-0.39, 0.29) is 6.92 Å². The molecule has 2 aromatic rings. The van der Waals surface area contributed by atoms with Crippen LogP contribution in [0.25, 0.3) is 0 Å². The summed E-state index contributed by atoms with van der Waals surface area (Å²) in [4.78, 5) is 0. The molecule has 2 nitrogen and oxygen atoms in total. The maximum Gasteiger partial charge on any atom is 0.324 e. The van der Waals surface area contributed by atoms with Crippen molar-refractivity contribution >= 4 is 12.4 Å². The molecule has 0 radical (unpaired) electrons. The first-order valence-electron chi connectivity index (χ1n) is 6.21. The van der Waals surface area contributed by atoms with Gasteiger partial charge in [0.15, 0.2) is 0 Å². The van der Waals surface area contributed by atoms with Crippen LogP contribution in [0.3, 0.4) is 0 Å². The third-order valence-corrected chi connectivity index (χ3v) is 3.30.